The zero-order chi connectivity index (χ0) is 10.6. The van der Waals surface area contributed by atoms with Gasteiger partial charge >= 0.3 is 0 Å². The second-order valence-corrected chi connectivity index (χ2v) is 3.42. The molecule has 0 aromatic heterocycles. The van der Waals surface area contributed by atoms with E-state index < -0.39 is 11.7 Å². The molecular formula is C9H6BrFN2O. The Balaban J connectivity index is 2.78. The van der Waals surface area contributed by atoms with E-state index in [-0.39, 0.29) is 12.1 Å². The average molecular weight is 257 g/mol. The van der Waals surface area contributed by atoms with Crippen molar-refractivity contribution in [1.82, 2.24) is 0 Å². The largest absolute Gasteiger partial charge is 0.323 e. The minimum Gasteiger partial charge on any atom is -0.323 e. The molecule has 0 aliphatic rings. The lowest BCUT2D eigenvalue weighted by atomic mass is 10.3. The van der Waals surface area contributed by atoms with Gasteiger partial charge in [-0.05, 0) is 18.2 Å². The summed E-state index contributed by atoms with van der Waals surface area (Å²) in [5.74, 6) is -1.06. The molecule has 3 nitrogen and oxygen atoms in total. The van der Waals surface area contributed by atoms with E-state index in [9.17, 15) is 9.18 Å². The van der Waals surface area contributed by atoms with Gasteiger partial charge in [0, 0.05) is 4.47 Å². The number of hydrogen-bond donors (Lipinski definition) is 1. The number of nitrogens with one attached hydrogen (secondary N) is 1. The van der Waals surface area contributed by atoms with Crippen LogP contribution in [0.4, 0.5) is 10.1 Å². The van der Waals surface area contributed by atoms with Crippen LogP contribution in [-0.4, -0.2) is 5.91 Å². The number of anilines is 1. The molecule has 0 atom stereocenters. The number of nitrogens with zero attached hydrogens (tertiary/aromatic N) is 1. The Morgan fingerprint density at radius 1 is 1.64 bits per heavy atom. The van der Waals surface area contributed by atoms with Gasteiger partial charge in [0.05, 0.1) is 11.8 Å². The highest BCUT2D eigenvalue weighted by molar-refractivity contribution is 9.10. The van der Waals surface area contributed by atoms with E-state index in [1.54, 1.807) is 12.1 Å². The van der Waals surface area contributed by atoms with Crippen LogP contribution in [0.5, 0.6) is 0 Å². The summed E-state index contributed by atoms with van der Waals surface area (Å²) in [6, 6.07) is 5.94. The molecule has 72 valence electrons. The first-order valence-corrected chi connectivity index (χ1v) is 4.54. The smallest absolute Gasteiger partial charge is 0.238 e. The van der Waals surface area contributed by atoms with Gasteiger partial charge in [-0.25, -0.2) is 4.39 Å². The molecule has 0 radical (unpaired) electrons. The van der Waals surface area contributed by atoms with Crippen LogP contribution in [0, 0.1) is 17.1 Å². The van der Waals surface area contributed by atoms with Crippen molar-refractivity contribution in [2.75, 3.05) is 5.32 Å². The first-order chi connectivity index (χ1) is 6.63. The van der Waals surface area contributed by atoms with Crippen LogP contribution in [0.2, 0.25) is 0 Å². The molecule has 5 heteroatoms. The standard InChI is InChI=1S/C9H6BrFN2O/c10-6-1-2-8(7(11)5-6)13-9(14)3-4-12/h1-2,5H,3H2,(H,13,14). The minimum atomic E-state index is -0.536. The molecule has 0 unspecified atom stereocenters. The summed E-state index contributed by atoms with van der Waals surface area (Å²) >= 11 is 3.09. The third-order valence-corrected chi connectivity index (χ3v) is 1.94. The SMILES string of the molecule is N#CCC(=O)Nc1ccc(Br)cc1F. The predicted octanol–water partition coefficient (Wildman–Crippen LogP) is 2.44. The van der Waals surface area contributed by atoms with Crippen molar-refractivity contribution in [1.29, 1.82) is 5.26 Å². The van der Waals surface area contributed by atoms with E-state index in [0.29, 0.717) is 4.47 Å². The number of carbonyl (C=O) groups is 1. The number of carbonyl (C=O) groups excluding carboxylic acids is 1. The zero-order valence-electron chi connectivity index (χ0n) is 7.05. The Morgan fingerprint density at radius 3 is 2.93 bits per heavy atom. The Hall–Kier alpha value is -1.41. The van der Waals surface area contributed by atoms with Gasteiger partial charge in [-0.1, -0.05) is 15.9 Å². The number of nitriles is 1. The molecule has 1 aromatic carbocycles. The van der Waals surface area contributed by atoms with E-state index in [0.717, 1.165) is 0 Å². The van der Waals surface area contributed by atoms with Crippen molar-refractivity contribution in [3.63, 3.8) is 0 Å². The summed E-state index contributed by atoms with van der Waals surface area (Å²) in [4.78, 5) is 10.9. The molecule has 0 spiro atoms. The summed E-state index contributed by atoms with van der Waals surface area (Å²) in [7, 11) is 0. The fourth-order valence-corrected chi connectivity index (χ4v) is 1.19. The fourth-order valence-electron chi connectivity index (χ4n) is 0.857. The van der Waals surface area contributed by atoms with E-state index in [1.165, 1.54) is 12.1 Å². The molecule has 1 amide bonds. The van der Waals surface area contributed by atoms with Gasteiger partial charge in [0.25, 0.3) is 0 Å². The molecule has 0 bridgehead atoms. The number of rotatable bonds is 2. The lowest BCUT2D eigenvalue weighted by Gasteiger charge is -2.03. The van der Waals surface area contributed by atoms with Crippen molar-refractivity contribution in [3.8, 4) is 6.07 Å². The molecular weight excluding hydrogens is 251 g/mol. The molecule has 0 fully saturated rings. The van der Waals surface area contributed by atoms with Gasteiger partial charge in [0.1, 0.15) is 12.2 Å². The summed E-state index contributed by atoms with van der Waals surface area (Å²) in [5, 5.41) is 10.5. The molecule has 1 rings (SSSR count). The number of halogens is 2. The summed E-state index contributed by atoms with van der Waals surface area (Å²) in [5.41, 5.74) is 0.0773. The normalized spacial score (nSPS) is 9.21. The minimum absolute atomic E-state index is 0.0773. The summed E-state index contributed by atoms with van der Waals surface area (Å²) < 4.78 is 13.7. The van der Waals surface area contributed by atoms with E-state index in [4.69, 9.17) is 5.26 Å². The van der Waals surface area contributed by atoms with Crippen LogP contribution in [0.25, 0.3) is 0 Å². The van der Waals surface area contributed by atoms with Gasteiger partial charge in [0.15, 0.2) is 0 Å². The van der Waals surface area contributed by atoms with Crippen LogP contribution >= 0.6 is 15.9 Å². The molecule has 1 aromatic rings. The lowest BCUT2D eigenvalue weighted by molar-refractivity contribution is -0.115. The highest BCUT2D eigenvalue weighted by Crippen LogP contribution is 2.19. The van der Waals surface area contributed by atoms with Gasteiger partial charge in [-0.15, -0.1) is 0 Å². The third kappa shape index (κ3) is 2.82. The van der Waals surface area contributed by atoms with Crippen LogP contribution in [-0.2, 0) is 4.79 Å². The van der Waals surface area contributed by atoms with Crippen LogP contribution < -0.4 is 5.32 Å². The molecule has 1 N–H and O–H groups in total. The average Bonchev–Trinajstić information content (AvgIpc) is 2.10. The second kappa shape index (κ2) is 4.72. The molecule has 0 aliphatic heterocycles. The van der Waals surface area contributed by atoms with Crippen molar-refractivity contribution < 1.29 is 9.18 Å². The third-order valence-electron chi connectivity index (χ3n) is 1.44. The van der Waals surface area contributed by atoms with Crippen molar-refractivity contribution >= 4 is 27.5 Å². The summed E-state index contributed by atoms with van der Waals surface area (Å²) in [6.07, 6.45) is -0.282. The van der Waals surface area contributed by atoms with E-state index in [2.05, 4.69) is 21.2 Å². The quantitative estimate of drug-likeness (QED) is 0.884. The predicted molar refractivity (Wildman–Crippen MR) is 53.0 cm³/mol. The molecule has 0 heterocycles. The maximum absolute atomic E-state index is 13.1. The van der Waals surface area contributed by atoms with E-state index in [1.807, 2.05) is 0 Å². The summed E-state index contributed by atoms with van der Waals surface area (Å²) in [6.45, 7) is 0. The van der Waals surface area contributed by atoms with E-state index >= 15 is 0 Å². The first kappa shape index (κ1) is 10.7. The van der Waals surface area contributed by atoms with Gasteiger partial charge in [-0.2, -0.15) is 5.26 Å². The van der Waals surface area contributed by atoms with Crippen LogP contribution in [0.1, 0.15) is 6.42 Å². The van der Waals surface area contributed by atoms with Crippen LogP contribution in [0.15, 0.2) is 22.7 Å². The van der Waals surface area contributed by atoms with Gasteiger partial charge < -0.3 is 5.32 Å². The first-order valence-electron chi connectivity index (χ1n) is 3.75. The topological polar surface area (TPSA) is 52.9 Å². The Labute approximate surface area is 88.7 Å². The highest BCUT2D eigenvalue weighted by atomic mass is 79.9. The monoisotopic (exact) mass is 256 g/mol. The molecule has 0 saturated carbocycles. The van der Waals surface area contributed by atoms with Gasteiger partial charge in [0.2, 0.25) is 5.91 Å². The number of benzene rings is 1. The van der Waals surface area contributed by atoms with Crippen molar-refractivity contribution in [2.24, 2.45) is 0 Å². The highest BCUT2D eigenvalue weighted by Gasteiger charge is 2.06. The Morgan fingerprint density at radius 2 is 2.36 bits per heavy atom. The molecule has 14 heavy (non-hydrogen) atoms. The number of hydrogen-bond acceptors (Lipinski definition) is 2. The Kier molecular flexibility index (Phi) is 3.60. The lowest BCUT2D eigenvalue weighted by Crippen LogP contribution is -2.11. The number of amides is 1. The maximum atomic E-state index is 13.1. The molecule has 0 aliphatic carbocycles. The van der Waals surface area contributed by atoms with Crippen molar-refractivity contribution in [3.05, 3.63) is 28.5 Å². The fraction of sp³-hybridized carbons (Fsp3) is 0.111. The Bertz CT molecular complexity index is 400. The van der Waals surface area contributed by atoms with Gasteiger partial charge in [-0.3, -0.25) is 4.79 Å². The van der Waals surface area contributed by atoms with Crippen LogP contribution in [0.3, 0.4) is 0 Å². The zero-order valence-corrected chi connectivity index (χ0v) is 8.64. The second-order valence-electron chi connectivity index (χ2n) is 2.51. The molecule has 0 saturated heterocycles. The maximum Gasteiger partial charge on any atom is 0.238 e. The van der Waals surface area contributed by atoms with Crippen molar-refractivity contribution in [2.45, 2.75) is 6.42 Å².